The van der Waals surface area contributed by atoms with Crippen LogP contribution in [0.4, 0.5) is 0 Å². The van der Waals surface area contributed by atoms with E-state index in [1.54, 1.807) is 12.1 Å². The van der Waals surface area contributed by atoms with Gasteiger partial charge in [0.05, 0.1) is 15.1 Å². The molecule has 1 fully saturated rings. The van der Waals surface area contributed by atoms with Crippen molar-refractivity contribution in [3.05, 3.63) is 56.8 Å². The van der Waals surface area contributed by atoms with E-state index in [1.165, 1.54) is 27.8 Å². The summed E-state index contributed by atoms with van der Waals surface area (Å²) in [5, 5.41) is 0.489. The van der Waals surface area contributed by atoms with Gasteiger partial charge in [0, 0.05) is 35.0 Å². The van der Waals surface area contributed by atoms with Gasteiger partial charge in [0.1, 0.15) is 0 Å². The number of thiazole rings is 1. The van der Waals surface area contributed by atoms with E-state index in [4.69, 9.17) is 11.6 Å². The highest BCUT2D eigenvalue weighted by atomic mass is 79.9. The summed E-state index contributed by atoms with van der Waals surface area (Å²) < 4.78 is 31.2. The minimum Gasteiger partial charge on any atom is -0.317 e. The first-order valence-electron chi connectivity index (χ1n) is 9.93. The molecule has 31 heavy (non-hydrogen) atoms. The maximum Gasteiger partial charge on any atom is 0.251 e. The molecular weight excluding hydrogens is 522 g/mol. The van der Waals surface area contributed by atoms with E-state index >= 15 is 0 Å². The molecule has 2 aromatic carbocycles. The highest BCUT2D eigenvalue weighted by molar-refractivity contribution is 9.10. The number of amides is 1. The number of aromatic nitrogens is 1. The maximum absolute atomic E-state index is 12.9. The van der Waals surface area contributed by atoms with E-state index in [9.17, 15) is 13.2 Å². The summed E-state index contributed by atoms with van der Waals surface area (Å²) in [5.74, 6) is -0.463. The molecule has 0 bridgehead atoms. The van der Waals surface area contributed by atoms with Gasteiger partial charge in [-0.2, -0.15) is 9.30 Å². The van der Waals surface area contributed by atoms with Gasteiger partial charge in [-0.05, 0) is 62.2 Å². The van der Waals surface area contributed by atoms with Crippen molar-refractivity contribution in [1.82, 2.24) is 8.87 Å². The molecule has 1 aliphatic heterocycles. The first kappa shape index (κ1) is 22.7. The smallest absolute Gasteiger partial charge is 0.251 e. The van der Waals surface area contributed by atoms with E-state index in [0.717, 1.165) is 14.7 Å². The predicted octanol–water partition coefficient (Wildman–Crippen LogP) is 4.67. The summed E-state index contributed by atoms with van der Waals surface area (Å²) in [5.41, 5.74) is 1.05. The molecule has 2 heterocycles. The molecule has 0 atom stereocenters. The normalized spacial score (nSPS) is 16.8. The van der Waals surface area contributed by atoms with E-state index < -0.39 is 10.0 Å². The molecule has 0 N–H and O–H groups in total. The van der Waals surface area contributed by atoms with Crippen molar-refractivity contribution >= 4 is 65.0 Å². The molecule has 6 nitrogen and oxygen atoms in total. The quantitative estimate of drug-likeness (QED) is 0.481. The van der Waals surface area contributed by atoms with Crippen LogP contribution < -0.4 is 4.80 Å². The largest absolute Gasteiger partial charge is 0.317 e. The van der Waals surface area contributed by atoms with Crippen LogP contribution in [-0.2, 0) is 21.4 Å². The molecule has 0 unspecified atom stereocenters. The van der Waals surface area contributed by atoms with Gasteiger partial charge in [-0.15, -0.1) is 0 Å². The second-order valence-electron chi connectivity index (χ2n) is 7.32. The van der Waals surface area contributed by atoms with Crippen LogP contribution in [-0.4, -0.2) is 36.3 Å². The Morgan fingerprint density at radius 1 is 1.19 bits per heavy atom. The Morgan fingerprint density at radius 2 is 1.87 bits per heavy atom. The molecule has 1 saturated heterocycles. The van der Waals surface area contributed by atoms with Gasteiger partial charge in [-0.3, -0.25) is 4.79 Å². The first-order chi connectivity index (χ1) is 14.8. The molecule has 164 valence electrons. The molecule has 1 amide bonds. The zero-order valence-corrected chi connectivity index (χ0v) is 20.8. The van der Waals surface area contributed by atoms with Crippen molar-refractivity contribution in [2.24, 2.45) is 10.9 Å². The van der Waals surface area contributed by atoms with E-state index in [-0.39, 0.29) is 16.7 Å². The number of halogens is 2. The molecular formula is C21H21BrClN3O3S2. The van der Waals surface area contributed by atoms with Crippen LogP contribution >= 0.6 is 38.9 Å². The van der Waals surface area contributed by atoms with Crippen LogP contribution in [0.2, 0.25) is 5.02 Å². The van der Waals surface area contributed by atoms with Gasteiger partial charge in [0.15, 0.2) is 4.80 Å². The van der Waals surface area contributed by atoms with Crippen molar-refractivity contribution in [2.45, 2.75) is 31.2 Å². The number of piperidine rings is 1. The number of rotatable bonds is 4. The molecule has 3 aromatic rings. The SMILES string of the molecule is CCn1c(=NC(=O)C2CCN(S(=O)(=O)c3ccc(Cl)cc3)CC2)sc2cc(Br)ccc21. The summed E-state index contributed by atoms with van der Waals surface area (Å²) in [6.07, 6.45) is 0.912. The standard InChI is InChI=1S/C21H21BrClN3O3S2/c1-2-26-18-8-3-15(22)13-19(18)30-21(26)24-20(27)14-9-11-25(12-10-14)31(28,29)17-6-4-16(23)5-7-17/h3-8,13-14H,2,9-12H2,1H3. The fourth-order valence-corrected chi connectivity index (χ4v) is 6.97. The number of sulfonamides is 1. The van der Waals surface area contributed by atoms with Gasteiger partial charge in [-0.25, -0.2) is 8.42 Å². The van der Waals surface area contributed by atoms with Crippen molar-refractivity contribution in [3.63, 3.8) is 0 Å². The Labute approximate surface area is 198 Å². The zero-order valence-electron chi connectivity index (χ0n) is 16.8. The Hall–Kier alpha value is -1.52. The minimum atomic E-state index is -3.59. The summed E-state index contributed by atoms with van der Waals surface area (Å²) >= 11 is 10.8. The Balaban J connectivity index is 1.51. The average Bonchev–Trinajstić information content (AvgIpc) is 3.09. The summed E-state index contributed by atoms with van der Waals surface area (Å²) in [7, 11) is -3.59. The number of benzene rings is 2. The third kappa shape index (κ3) is 4.66. The zero-order chi connectivity index (χ0) is 22.2. The summed E-state index contributed by atoms with van der Waals surface area (Å²) in [6, 6.07) is 12.2. The number of aryl methyl sites for hydroxylation is 1. The number of carbonyl (C=O) groups excluding carboxylic acids is 1. The molecule has 0 radical (unpaired) electrons. The van der Waals surface area contributed by atoms with Crippen LogP contribution in [0.15, 0.2) is 56.8 Å². The Morgan fingerprint density at radius 3 is 2.52 bits per heavy atom. The van der Waals surface area contributed by atoms with Crippen LogP contribution in [0.5, 0.6) is 0 Å². The van der Waals surface area contributed by atoms with Crippen LogP contribution in [0, 0.1) is 5.92 Å². The Kier molecular flexibility index (Phi) is 6.69. The molecule has 4 rings (SSSR count). The lowest BCUT2D eigenvalue weighted by atomic mass is 9.98. The van der Waals surface area contributed by atoms with E-state index in [1.807, 2.05) is 29.7 Å². The Bertz CT molecular complexity index is 1290. The average molecular weight is 543 g/mol. The molecule has 1 aromatic heterocycles. The van der Waals surface area contributed by atoms with E-state index in [2.05, 4.69) is 20.9 Å². The third-order valence-corrected chi connectivity index (χ3v) is 9.12. The topological polar surface area (TPSA) is 71.7 Å². The van der Waals surface area contributed by atoms with Crippen molar-refractivity contribution in [2.75, 3.05) is 13.1 Å². The van der Waals surface area contributed by atoms with Crippen LogP contribution in [0.25, 0.3) is 10.2 Å². The van der Waals surface area contributed by atoms with Gasteiger partial charge in [-0.1, -0.05) is 38.9 Å². The van der Waals surface area contributed by atoms with Crippen LogP contribution in [0.1, 0.15) is 19.8 Å². The number of hydrogen-bond acceptors (Lipinski definition) is 4. The predicted molar refractivity (Wildman–Crippen MR) is 127 cm³/mol. The molecule has 1 aliphatic rings. The lowest BCUT2D eigenvalue weighted by Gasteiger charge is -2.29. The molecule has 0 aliphatic carbocycles. The first-order valence-corrected chi connectivity index (χ1v) is 13.4. The fourth-order valence-electron chi connectivity index (χ4n) is 3.72. The maximum atomic E-state index is 12.9. The molecule has 0 spiro atoms. The van der Waals surface area contributed by atoms with Crippen molar-refractivity contribution < 1.29 is 13.2 Å². The molecule has 10 heteroatoms. The second-order valence-corrected chi connectivity index (χ2v) is 11.6. The highest BCUT2D eigenvalue weighted by Gasteiger charge is 2.32. The van der Waals surface area contributed by atoms with Gasteiger partial charge in [0.25, 0.3) is 5.91 Å². The van der Waals surface area contributed by atoms with Gasteiger partial charge >= 0.3 is 0 Å². The highest BCUT2D eigenvalue weighted by Crippen LogP contribution is 2.26. The van der Waals surface area contributed by atoms with Gasteiger partial charge in [0.2, 0.25) is 10.0 Å². The minimum absolute atomic E-state index is 0.184. The third-order valence-electron chi connectivity index (χ3n) is 5.42. The summed E-state index contributed by atoms with van der Waals surface area (Å²) in [6.45, 7) is 3.33. The van der Waals surface area contributed by atoms with Gasteiger partial charge < -0.3 is 4.57 Å². The monoisotopic (exact) mass is 541 g/mol. The van der Waals surface area contributed by atoms with Crippen molar-refractivity contribution in [1.29, 1.82) is 0 Å². The number of nitrogens with zero attached hydrogens (tertiary/aromatic N) is 3. The molecule has 0 saturated carbocycles. The number of fused-ring (bicyclic) bond motifs is 1. The number of carbonyl (C=O) groups is 1. The van der Waals surface area contributed by atoms with E-state index in [0.29, 0.717) is 42.3 Å². The van der Waals surface area contributed by atoms with Crippen LogP contribution in [0.3, 0.4) is 0 Å². The van der Waals surface area contributed by atoms with Crippen molar-refractivity contribution in [3.8, 4) is 0 Å². The lowest BCUT2D eigenvalue weighted by Crippen LogP contribution is -2.40. The fraction of sp³-hybridized carbons (Fsp3) is 0.333. The number of hydrogen-bond donors (Lipinski definition) is 0. The second kappa shape index (κ2) is 9.15. The lowest BCUT2D eigenvalue weighted by molar-refractivity contribution is -0.122. The summed E-state index contributed by atoms with van der Waals surface area (Å²) in [4.78, 5) is 18.2.